The SMILES string of the molecule is CCNC(c1cc(Br)c(Cl)s1)C1OCCC1C. The van der Waals surface area contributed by atoms with Gasteiger partial charge in [-0.25, -0.2) is 0 Å². The number of nitrogens with one attached hydrogen (secondary N) is 1. The molecule has 1 aliphatic heterocycles. The molecule has 0 bridgehead atoms. The van der Waals surface area contributed by atoms with Crippen LogP contribution in [0, 0.1) is 5.92 Å². The highest BCUT2D eigenvalue weighted by Gasteiger charge is 2.33. The van der Waals surface area contributed by atoms with Crippen LogP contribution >= 0.6 is 38.9 Å². The minimum atomic E-state index is 0.256. The molecule has 0 saturated carbocycles. The van der Waals surface area contributed by atoms with Gasteiger partial charge in [-0.1, -0.05) is 25.4 Å². The summed E-state index contributed by atoms with van der Waals surface area (Å²) < 4.78 is 7.66. The van der Waals surface area contributed by atoms with Crippen LogP contribution in [0.4, 0.5) is 0 Å². The Hall–Kier alpha value is 0.390. The van der Waals surface area contributed by atoms with Crippen LogP contribution in [0.2, 0.25) is 4.34 Å². The van der Waals surface area contributed by atoms with Crippen molar-refractivity contribution in [2.24, 2.45) is 5.92 Å². The minimum absolute atomic E-state index is 0.256. The molecule has 96 valence electrons. The number of hydrogen-bond acceptors (Lipinski definition) is 3. The summed E-state index contributed by atoms with van der Waals surface area (Å²) >= 11 is 11.2. The summed E-state index contributed by atoms with van der Waals surface area (Å²) in [5.41, 5.74) is 0. The normalized spacial score (nSPS) is 26.4. The third kappa shape index (κ3) is 3.04. The van der Waals surface area contributed by atoms with E-state index in [1.807, 2.05) is 0 Å². The van der Waals surface area contributed by atoms with Gasteiger partial charge >= 0.3 is 0 Å². The van der Waals surface area contributed by atoms with Gasteiger partial charge in [-0.2, -0.15) is 0 Å². The van der Waals surface area contributed by atoms with Gasteiger partial charge in [-0.05, 0) is 40.9 Å². The monoisotopic (exact) mass is 337 g/mol. The number of thiophene rings is 1. The molecule has 1 N–H and O–H groups in total. The van der Waals surface area contributed by atoms with E-state index in [1.54, 1.807) is 11.3 Å². The average Bonchev–Trinajstić information content (AvgIpc) is 2.83. The smallest absolute Gasteiger partial charge is 0.107 e. The molecular formula is C12H17BrClNOS. The van der Waals surface area contributed by atoms with E-state index < -0.39 is 0 Å². The van der Waals surface area contributed by atoms with Gasteiger partial charge < -0.3 is 10.1 Å². The molecule has 1 saturated heterocycles. The number of ether oxygens (including phenoxy) is 1. The Morgan fingerprint density at radius 2 is 2.47 bits per heavy atom. The maximum absolute atomic E-state index is 6.12. The summed E-state index contributed by atoms with van der Waals surface area (Å²) in [6.07, 6.45) is 1.41. The molecule has 5 heteroatoms. The van der Waals surface area contributed by atoms with E-state index in [9.17, 15) is 0 Å². The molecule has 0 aromatic carbocycles. The highest BCUT2D eigenvalue weighted by molar-refractivity contribution is 9.10. The number of rotatable bonds is 4. The Balaban J connectivity index is 2.21. The third-order valence-electron chi connectivity index (χ3n) is 3.17. The Labute approximate surface area is 120 Å². The lowest BCUT2D eigenvalue weighted by Gasteiger charge is -2.25. The predicted molar refractivity (Wildman–Crippen MR) is 77.0 cm³/mol. The first-order valence-corrected chi connectivity index (χ1v) is 7.92. The Morgan fingerprint density at radius 1 is 1.71 bits per heavy atom. The fraction of sp³-hybridized carbons (Fsp3) is 0.667. The molecule has 2 heterocycles. The highest BCUT2D eigenvalue weighted by Crippen LogP contribution is 2.39. The van der Waals surface area contributed by atoms with Crippen LogP contribution in [0.15, 0.2) is 10.5 Å². The maximum Gasteiger partial charge on any atom is 0.107 e. The van der Waals surface area contributed by atoms with Crippen molar-refractivity contribution in [1.82, 2.24) is 5.32 Å². The van der Waals surface area contributed by atoms with Crippen molar-refractivity contribution < 1.29 is 4.74 Å². The quantitative estimate of drug-likeness (QED) is 0.886. The van der Waals surface area contributed by atoms with Gasteiger partial charge in [0.05, 0.1) is 12.1 Å². The number of hydrogen-bond donors (Lipinski definition) is 1. The zero-order valence-corrected chi connectivity index (χ0v) is 13.2. The number of likely N-dealkylation sites (N-methyl/N-ethyl adjacent to an activating group) is 1. The minimum Gasteiger partial charge on any atom is -0.376 e. The Bertz CT molecular complexity index is 365. The molecule has 2 rings (SSSR count). The summed E-state index contributed by atoms with van der Waals surface area (Å²) in [7, 11) is 0. The first-order chi connectivity index (χ1) is 8.13. The molecule has 2 nitrogen and oxygen atoms in total. The van der Waals surface area contributed by atoms with Crippen molar-refractivity contribution in [3.8, 4) is 0 Å². The van der Waals surface area contributed by atoms with Crippen LogP contribution in [0.5, 0.6) is 0 Å². The van der Waals surface area contributed by atoms with E-state index in [1.165, 1.54) is 4.88 Å². The summed E-state index contributed by atoms with van der Waals surface area (Å²) in [6.45, 7) is 6.18. The molecule has 1 aromatic rings. The van der Waals surface area contributed by atoms with Crippen LogP contribution in [0.3, 0.4) is 0 Å². The van der Waals surface area contributed by atoms with Crippen molar-refractivity contribution in [2.45, 2.75) is 32.4 Å². The Kier molecular flexibility index (Phi) is 4.89. The van der Waals surface area contributed by atoms with Crippen molar-refractivity contribution in [3.63, 3.8) is 0 Å². The lowest BCUT2D eigenvalue weighted by molar-refractivity contribution is 0.0622. The van der Waals surface area contributed by atoms with Crippen molar-refractivity contribution in [2.75, 3.05) is 13.2 Å². The zero-order chi connectivity index (χ0) is 12.4. The van der Waals surface area contributed by atoms with E-state index in [0.29, 0.717) is 5.92 Å². The van der Waals surface area contributed by atoms with E-state index in [2.05, 4.69) is 41.2 Å². The largest absolute Gasteiger partial charge is 0.376 e. The van der Waals surface area contributed by atoms with Crippen LogP contribution in [0.1, 0.15) is 31.2 Å². The number of halogens is 2. The van der Waals surface area contributed by atoms with Gasteiger partial charge in [0.2, 0.25) is 0 Å². The first kappa shape index (κ1) is 13.8. The summed E-state index contributed by atoms with van der Waals surface area (Å²) in [5, 5.41) is 3.52. The molecular weight excluding hydrogens is 322 g/mol. The van der Waals surface area contributed by atoms with Crippen LogP contribution < -0.4 is 5.32 Å². The van der Waals surface area contributed by atoms with E-state index in [0.717, 1.165) is 28.4 Å². The van der Waals surface area contributed by atoms with Crippen LogP contribution in [0.25, 0.3) is 0 Å². The van der Waals surface area contributed by atoms with Crippen molar-refractivity contribution in [1.29, 1.82) is 0 Å². The molecule has 3 unspecified atom stereocenters. The van der Waals surface area contributed by atoms with Crippen molar-refractivity contribution >= 4 is 38.9 Å². The fourth-order valence-corrected chi connectivity index (χ4v) is 4.11. The second-order valence-electron chi connectivity index (χ2n) is 4.41. The molecule has 0 spiro atoms. The molecule has 0 aliphatic carbocycles. The molecule has 1 aromatic heterocycles. The Morgan fingerprint density at radius 3 is 2.94 bits per heavy atom. The van der Waals surface area contributed by atoms with Gasteiger partial charge in [-0.3, -0.25) is 0 Å². The van der Waals surface area contributed by atoms with Crippen molar-refractivity contribution in [3.05, 3.63) is 19.8 Å². The lowest BCUT2D eigenvalue weighted by atomic mass is 9.96. The average molecular weight is 339 g/mol. The van der Waals surface area contributed by atoms with E-state index >= 15 is 0 Å². The van der Waals surface area contributed by atoms with Gasteiger partial charge in [0, 0.05) is 16.0 Å². The predicted octanol–water partition coefficient (Wildman–Crippen LogP) is 4.24. The standard InChI is InChI=1S/C12H17BrClNOS/c1-3-15-10(11-7(2)4-5-16-11)9-6-8(13)12(14)17-9/h6-7,10-11,15H,3-5H2,1-2H3. The van der Waals surface area contributed by atoms with E-state index in [-0.39, 0.29) is 12.1 Å². The molecule has 0 amide bonds. The van der Waals surface area contributed by atoms with Crippen LogP contribution in [-0.2, 0) is 4.74 Å². The maximum atomic E-state index is 6.12. The molecule has 0 radical (unpaired) electrons. The van der Waals surface area contributed by atoms with Crippen LogP contribution in [-0.4, -0.2) is 19.3 Å². The zero-order valence-electron chi connectivity index (χ0n) is 10.0. The second kappa shape index (κ2) is 6.02. The topological polar surface area (TPSA) is 21.3 Å². The van der Waals surface area contributed by atoms with Gasteiger partial charge in [0.1, 0.15) is 4.34 Å². The molecule has 1 aliphatic rings. The molecule has 17 heavy (non-hydrogen) atoms. The summed E-state index contributed by atoms with van der Waals surface area (Å²) in [5.74, 6) is 0.596. The van der Waals surface area contributed by atoms with Gasteiger partial charge in [-0.15, -0.1) is 11.3 Å². The third-order valence-corrected chi connectivity index (χ3v) is 5.73. The summed E-state index contributed by atoms with van der Waals surface area (Å²) in [4.78, 5) is 1.25. The molecule has 3 atom stereocenters. The summed E-state index contributed by atoms with van der Waals surface area (Å²) in [6, 6.07) is 2.36. The highest BCUT2D eigenvalue weighted by atomic mass is 79.9. The first-order valence-electron chi connectivity index (χ1n) is 5.93. The second-order valence-corrected chi connectivity index (χ2v) is 6.95. The van der Waals surface area contributed by atoms with Gasteiger partial charge in [0.15, 0.2) is 0 Å². The lowest BCUT2D eigenvalue weighted by Crippen LogP contribution is -2.34. The molecule has 1 fully saturated rings. The fourth-order valence-electron chi connectivity index (χ4n) is 2.26. The van der Waals surface area contributed by atoms with Gasteiger partial charge in [0.25, 0.3) is 0 Å². The van der Waals surface area contributed by atoms with E-state index in [4.69, 9.17) is 16.3 Å².